The van der Waals surface area contributed by atoms with Crippen molar-refractivity contribution < 1.29 is 19.0 Å². The average molecular weight is 531 g/mol. The zero-order valence-corrected chi connectivity index (χ0v) is 20.9. The number of halogens is 3. The van der Waals surface area contributed by atoms with Gasteiger partial charge in [-0.1, -0.05) is 40.5 Å². The first-order valence-corrected chi connectivity index (χ1v) is 13.0. The highest BCUT2D eigenvalue weighted by Gasteiger charge is 2.47. The molecule has 2 aliphatic carbocycles. The number of carboxylic acid groups (broad SMARTS) is 1. The number of para-hydroxylation sites is 1. The van der Waals surface area contributed by atoms with Crippen molar-refractivity contribution in [3.63, 3.8) is 0 Å². The van der Waals surface area contributed by atoms with E-state index in [1.54, 1.807) is 28.9 Å². The Balaban J connectivity index is 1.21. The van der Waals surface area contributed by atoms with Crippen LogP contribution < -0.4 is 9.64 Å². The summed E-state index contributed by atoms with van der Waals surface area (Å²) in [6.45, 7) is 0.688. The van der Waals surface area contributed by atoms with Crippen molar-refractivity contribution in [3.05, 3.63) is 63.5 Å². The second kappa shape index (κ2) is 9.23. The lowest BCUT2D eigenvalue weighted by atomic mass is 10.0. The summed E-state index contributed by atoms with van der Waals surface area (Å²) in [6.07, 6.45) is 4.04. The van der Waals surface area contributed by atoms with Crippen LogP contribution in [0.4, 0.5) is 10.1 Å². The van der Waals surface area contributed by atoms with Gasteiger partial charge in [-0.25, -0.2) is 4.39 Å². The van der Waals surface area contributed by atoms with E-state index >= 15 is 0 Å². The number of fused-ring (bicyclic) bond motifs is 2. The van der Waals surface area contributed by atoms with Crippen LogP contribution in [0.2, 0.25) is 10.0 Å². The van der Waals surface area contributed by atoms with Crippen molar-refractivity contribution in [1.82, 2.24) is 15.0 Å². The number of piperidine rings is 1. The predicted molar refractivity (Wildman–Crippen MR) is 134 cm³/mol. The minimum absolute atomic E-state index is 0.0140. The zero-order valence-electron chi connectivity index (χ0n) is 19.4. The van der Waals surface area contributed by atoms with Gasteiger partial charge in [-0.15, -0.1) is 5.10 Å². The van der Waals surface area contributed by atoms with Crippen LogP contribution in [0.5, 0.6) is 5.88 Å². The Hall–Kier alpha value is -2.84. The van der Waals surface area contributed by atoms with Crippen molar-refractivity contribution in [2.75, 3.05) is 11.4 Å². The number of ether oxygens (including phenoxy) is 1. The van der Waals surface area contributed by atoms with Crippen LogP contribution in [0.25, 0.3) is 5.69 Å². The first kappa shape index (κ1) is 23.6. The van der Waals surface area contributed by atoms with E-state index in [0.29, 0.717) is 51.7 Å². The normalized spacial score (nSPS) is 22.9. The SMILES string of the molecule is O=C(O)CCc1ccc(N2C[C@@H]3C[C@H]2C[C@H]3Oc2c(C3CC3)nnn2-c2c(Cl)cccc2Cl)c(F)c1. The molecule has 10 heteroatoms. The Labute approximate surface area is 217 Å². The van der Waals surface area contributed by atoms with E-state index in [9.17, 15) is 9.18 Å². The zero-order chi connectivity index (χ0) is 25.0. The smallest absolute Gasteiger partial charge is 0.303 e. The molecule has 3 fully saturated rings. The molecule has 2 aromatic carbocycles. The monoisotopic (exact) mass is 530 g/mol. The summed E-state index contributed by atoms with van der Waals surface area (Å²) >= 11 is 12.9. The molecular weight excluding hydrogens is 506 g/mol. The summed E-state index contributed by atoms with van der Waals surface area (Å²) in [7, 11) is 0. The van der Waals surface area contributed by atoms with Crippen LogP contribution in [-0.4, -0.2) is 44.8 Å². The van der Waals surface area contributed by atoms with Gasteiger partial charge in [0, 0.05) is 37.3 Å². The Morgan fingerprint density at radius 1 is 1.17 bits per heavy atom. The van der Waals surface area contributed by atoms with E-state index in [1.807, 2.05) is 6.07 Å². The van der Waals surface area contributed by atoms with Crippen LogP contribution in [0.3, 0.4) is 0 Å². The third-order valence-electron chi connectivity index (χ3n) is 7.46. The van der Waals surface area contributed by atoms with Gasteiger partial charge in [0.25, 0.3) is 0 Å². The van der Waals surface area contributed by atoms with Crippen molar-refractivity contribution in [3.8, 4) is 11.6 Å². The highest BCUT2D eigenvalue weighted by atomic mass is 35.5. The Morgan fingerprint density at radius 3 is 2.58 bits per heavy atom. The lowest BCUT2D eigenvalue weighted by molar-refractivity contribution is -0.136. The van der Waals surface area contributed by atoms with Gasteiger partial charge in [0.2, 0.25) is 5.88 Å². The Kier molecular flexibility index (Phi) is 6.04. The number of benzene rings is 2. The van der Waals surface area contributed by atoms with E-state index in [4.69, 9.17) is 33.0 Å². The minimum Gasteiger partial charge on any atom is -0.481 e. The summed E-state index contributed by atoms with van der Waals surface area (Å²) in [6, 6.07) is 10.5. The summed E-state index contributed by atoms with van der Waals surface area (Å²) < 4.78 is 23.2. The van der Waals surface area contributed by atoms with Gasteiger partial charge in [0.15, 0.2) is 0 Å². The number of carbonyl (C=O) groups is 1. The lowest BCUT2D eigenvalue weighted by Gasteiger charge is -2.33. The van der Waals surface area contributed by atoms with E-state index < -0.39 is 5.97 Å². The summed E-state index contributed by atoms with van der Waals surface area (Å²) in [4.78, 5) is 12.9. The van der Waals surface area contributed by atoms with Crippen molar-refractivity contribution in [2.24, 2.45) is 5.92 Å². The maximum Gasteiger partial charge on any atom is 0.303 e. The minimum atomic E-state index is -0.888. The van der Waals surface area contributed by atoms with E-state index in [-0.39, 0.29) is 30.3 Å². The predicted octanol–water partition coefficient (Wildman–Crippen LogP) is 5.65. The van der Waals surface area contributed by atoms with Crippen molar-refractivity contribution in [1.29, 1.82) is 0 Å². The number of nitrogens with zero attached hydrogens (tertiary/aromatic N) is 4. The maximum atomic E-state index is 15.0. The molecule has 188 valence electrons. The largest absolute Gasteiger partial charge is 0.481 e. The third-order valence-corrected chi connectivity index (χ3v) is 8.07. The number of hydrogen-bond donors (Lipinski definition) is 1. The quantitative estimate of drug-likeness (QED) is 0.405. The molecule has 1 N–H and O–H groups in total. The number of rotatable bonds is 8. The molecule has 7 nitrogen and oxygen atoms in total. The fourth-order valence-corrected chi connectivity index (χ4v) is 6.08. The molecule has 0 unspecified atom stereocenters. The Bertz CT molecular complexity index is 1310. The standard InChI is InChI=1S/C26H25Cl2FN4O3/c27-18-2-1-3-19(28)25(18)33-26(24(30-31-33)15-6-7-15)36-22-12-17-11-16(22)13-32(17)21-8-4-14(10-20(21)29)5-9-23(34)35/h1-4,8,10,15-17,22H,5-7,9,11-13H2,(H,34,35)/t16-,17-,22+/m0/s1. The molecule has 3 aliphatic rings. The highest BCUT2D eigenvalue weighted by Crippen LogP contribution is 2.47. The molecule has 0 spiro atoms. The fraction of sp³-hybridized carbons (Fsp3) is 0.423. The highest BCUT2D eigenvalue weighted by molar-refractivity contribution is 6.37. The summed E-state index contributed by atoms with van der Waals surface area (Å²) in [5.41, 5.74) is 2.66. The van der Waals surface area contributed by atoms with Crippen molar-refractivity contribution >= 4 is 34.9 Å². The molecule has 3 atom stereocenters. The number of carboxylic acids is 1. The number of aryl methyl sites for hydroxylation is 1. The van der Waals surface area contributed by atoms with Gasteiger partial charge in [0.05, 0.1) is 15.7 Å². The molecule has 6 rings (SSSR count). The molecule has 1 aliphatic heterocycles. The molecule has 0 radical (unpaired) electrons. The number of aliphatic carboxylic acids is 1. The second-order valence-electron chi connectivity index (χ2n) is 9.91. The van der Waals surface area contributed by atoms with Crippen LogP contribution in [0.1, 0.15) is 49.3 Å². The van der Waals surface area contributed by atoms with E-state index in [1.165, 1.54) is 6.07 Å². The van der Waals surface area contributed by atoms with Crippen molar-refractivity contribution in [2.45, 2.75) is 56.6 Å². The number of hydrogen-bond acceptors (Lipinski definition) is 5. The maximum absolute atomic E-state index is 15.0. The molecule has 3 aromatic rings. The van der Waals surface area contributed by atoms with E-state index in [2.05, 4.69) is 15.2 Å². The van der Waals surface area contributed by atoms with Gasteiger partial charge in [-0.2, -0.15) is 4.68 Å². The Morgan fingerprint density at radius 2 is 1.94 bits per heavy atom. The fourth-order valence-electron chi connectivity index (χ4n) is 5.53. The van der Waals surface area contributed by atoms with Crippen LogP contribution in [0.15, 0.2) is 36.4 Å². The van der Waals surface area contributed by atoms with Gasteiger partial charge in [0.1, 0.15) is 23.3 Å². The summed E-state index contributed by atoms with van der Waals surface area (Å²) in [5.74, 6) is -0.0299. The molecule has 36 heavy (non-hydrogen) atoms. The molecule has 0 amide bonds. The van der Waals surface area contributed by atoms with Crippen LogP contribution in [-0.2, 0) is 11.2 Å². The molecule has 1 saturated heterocycles. The molecule has 2 heterocycles. The van der Waals surface area contributed by atoms with Gasteiger partial charge in [-0.3, -0.25) is 4.79 Å². The number of anilines is 1. The average Bonchev–Trinajstić information content (AvgIpc) is 3.31. The number of aromatic nitrogens is 3. The third kappa shape index (κ3) is 4.30. The van der Waals surface area contributed by atoms with Gasteiger partial charge in [-0.05, 0) is 55.5 Å². The topological polar surface area (TPSA) is 80.5 Å². The van der Waals surface area contributed by atoms with Gasteiger partial charge < -0.3 is 14.7 Å². The molecule has 2 saturated carbocycles. The molecule has 2 bridgehead atoms. The first-order chi connectivity index (χ1) is 17.4. The lowest BCUT2D eigenvalue weighted by Crippen LogP contribution is -2.40. The van der Waals surface area contributed by atoms with Crippen LogP contribution in [0, 0.1) is 11.7 Å². The summed E-state index contributed by atoms with van der Waals surface area (Å²) in [5, 5.41) is 18.6. The van der Waals surface area contributed by atoms with Crippen LogP contribution >= 0.6 is 23.2 Å². The second-order valence-corrected chi connectivity index (χ2v) is 10.7. The molecular formula is C26H25Cl2FN4O3. The molecule has 1 aromatic heterocycles. The first-order valence-electron chi connectivity index (χ1n) is 12.2. The van der Waals surface area contributed by atoms with E-state index in [0.717, 1.165) is 31.4 Å². The van der Waals surface area contributed by atoms with Gasteiger partial charge >= 0.3 is 5.97 Å².